The van der Waals surface area contributed by atoms with Crippen molar-refractivity contribution < 1.29 is 9.53 Å². The zero-order valence-corrected chi connectivity index (χ0v) is 13.3. The zero-order chi connectivity index (χ0) is 15.4. The third-order valence-electron chi connectivity index (χ3n) is 3.67. The maximum atomic E-state index is 12.4. The molecule has 1 aliphatic heterocycles. The van der Waals surface area contributed by atoms with Crippen LogP contribution in [0.4, 0.5) is 0 Å². The van der Waals surface area contributed by atoms with E-state index in [9.17, 15) is 4.79 Å². The third-order valence-corrected chi connectivity index (χ3v) is 4.95. The van der Waals surface area contributed by atoms with E-state index in [0.29, 0.717) is 13.0 Å². The summed E-state index contributed by atoms with van der Waals surface area (Å²) in [6.07, 6.45) is 4.16. The van der Waals surface area contributed by atoms with Crippen LogP contribution in [0.25, 0.3) is 0 Å². The molecule has 1 fully saturated rings. The average molecular weight is 314 g/mol. The Balaban J connectivity index is 1.84. The number of carbonyl (C=O) groups excluding carboxylic acids is 1. The van der Waals surface area contributed by atoms with Gasteiger partial charge in [-0.05, 0) is 29.3 Å². The molecule has 4 nitrogen and oxygen atoms in total. The first-order valence-corrected chi connectivity index (χ1v) is 8.27. The molecule has 5 heteroatoms. The van der Waals surface area contributed by atoms with E-state index in [2.05, 4.69) is 4.98 Å². The molecule has 1 atom stereocenters. The fourth-order valence-electron chi connectivity index (χ4n) is 2.53. The van der Waals surface area contributed by atoms with Gasteiger partial charge in [0.15, 0.2) is 0 Å². The van der Waals surface area contributed by atoms with Gasteiger partial charge in [0.2, 0.25) is 5.91 Å². The highest BCUT2D eigenvalue weighted by Gasteiger charge is 2.29. The SMILES string of the molecule is COc1ccc(C2SCCC(=O)N2Cc2cccnc2)cc1. The van der Waals surface area contributed by atoms with Crippen molar-refractivity contribution in [1.29, 1.82) is 0 Å². The van der Waals surface area contributed by atoms with Crippen molar-refractivity contribution in [2.75, 3.05) is 12.9 Å². The van der Waals surface area contributed by atoms with Gasteiger partial charge in [0, 0.05) is 31.1 Å². The summed E-state index contributed by atoms with van der Waals surface area (Å²) in [5.74, 6) is 1.89. The molecule has 0 spiro atoms. The molecule has 1 unspecified atom stereocenters. The molecule has 3 rings (SSSR count). The molecule has 2 heterocycles. The lowest BCUT2D eigenvalue weighted by molar-refractivity contribution is -0.132. The Kier molecular flexibility index (Phi) is 4.63. The van der Waals surface area contributed by atoms with Gasteiger partial charge in [0.25, 0.3) is 0 Å². The number of ether oxygens (including phenoxy) is 1. The largest absolute Gasteiger partial charge is 0.497 e. The van der Waals surface area contributed by atoms with Gasteiger partial charge in [-0.15, -0.1) is 11.8 Å². The Labute approximate surface area is 134 Å². The van der Waals surface area contributed by atoms with Gasteiger partial charge in [-0.1, -0.05) is 18.2 Å². The number of amides is 1. The third kappa shape index (κ3) is 3.25. The van der Waals surface area contributed by atoms with Crippen LogP contribution in [0.1, 0.15) is 22.9 Å². The van der Waals surface area contributed by atoms with Crippen molar-refractivity contribution >= 4 is 17.7 Å². The summed E-state index contributed by atoms with van der Waals surface area (Å²) in [5, 5.41) is 0.0485. The predicted octanol–water partition coefficient (Wildman–Crippen LogP) is 3.25. The van der Waals surface area contributed by atoms with Crippen molar-refractivity contribution in [2.24, 2.45) is 0 Å². The number of methoxy groups -OCH3 is 1. The van der Waals surface area contributed by atoms with Crippen LogP contribution in [0.5, 0.6) is 5.75 Å². The van der Waals surface area contributed by atoms with Crippen LogP contribution < -0.4 is 4.74 Å². The molecule has 0 saturated carbocycles. The summed E-state index contributed by atoms with van der Waals surface area (Å²) in [6.45, 7) is 0.594. The molecular weight excluding hydrogens is 296 g/mol. The van der Waals surface area contributed by atoms with Crippen LogP contribution in [-0.4, -0.2) is 28.7 Å². The second kappa shape index (κ2) is 6.83. The van der Waals surface area contributed by atoms with E-state index in [-0.39, 0.29) is 11.3 Å². The molecule has 1 amide bonds. The summed E-state index contributed by atoms with van der Waals surface area (Å²) in [4.78, 5) is 18.4. The minimum Gasteiger partial charge on any atom is -0.497 e. The highest BCUT2D eigenvalue weighted by Crippen LogP contribution is 2.38. The summed E-state index contributed by atoms with van der Waals surface area (Å²) in [5.41, 5.74) is 2.18. The van der Waals surface area contributed by atoms with Gasteiger partial charge >= 0.3 is 0 Å². The topological polar surface area (TPSA) is 42.4 Å². The number of aromatic nitrogens is 1. The number of thioether (sulfide) groups is 1. The minimum absolute atomic E-state index is 0.0485. The Bertz CT molecular complexity index is 631. The van der Waals surface area contributed by atoms with E-state index < -0.39 is 0 Å². The first kappa shape index (κ1) is 14.9. The number of benzene rings is 1. The molecule has 0 radical (unpaired) electrons. The molecular formula is C17H18N2O2S. The second-order valence-electron chi connectivity index (χ2n) is 5.13. The summed E-state index contributed by atoms with van der Waals surface area (Å²) >= 11 is 1.80. The van der Waals surface area contributed by atoms with Crippen LogP contribution >= 0.6 is 11.8 Å². The maximum absolute atomic E-state index is 12.4. The average Bonchev–Trinajstić information content (AvgIpc) is 2.58. The lowest BCUT2D eigenvalue weighted by Crippen LogP contribution is -2.36. The number of hydrogen-bond donors (Lipinski definition) is 0. The van der Waals surface area contributed by atoms with Crippen molar-refractivity contribution in [3.8, 4) is 5.75 Å². The van der Waals surface area contributed by atoms with Crippen molar-refractivity contribution in [3.63, 3.8) is 0 Å². The Hall–Kier alpha value is -2.01. The number of pyridine rings is 1. The first-order valence-electron chi connectivity index (χ1n) is 7.22. The molecule has 22 heavy (non-hydrogen) atoms. The van der Waals surface area contributed by atoms with Crippen LogP contribution in [0.3, 0.4) is 0 Å². The van der Waals surface area contributed by atoms with E-state index >= 15 is 0 Å². The van der Waals surface area contributed by atoms with Crippen LogP contribution in [0.2, 0.25) is 0 Å². The maximum Gasteiger partial charge on any atom is 0.224 e. The molecule has 0 bridgehead atoms. The lowest BCUT2D eigenvalue weighted by atomic mass is 10.1. The lowest BCUT2D eigenvalue weighted by Gasteiger charge is -2.35. The fourth-order valence-corrected chi connectivity index (χ4v) is 3.76. The van der Waals surface area contributed by atoms with Crippen molar-refractivity contribution in [3.05, 3.63) is 59.9 Å². The van der Waals surface area contributed by atoms with Gasteiger partial charge < -0.3 is 9.64 Å². The predicted molar refractivity (Wildman–Crippen MR) is 87.6 cm³/mol. The van der Waals surface area contributed by atoms with Crippen molar-refractivity contribution in [2.45, 2.75) is 18.3 Å². The Morgan fingerprint density at radius 1 is 1.32 bits per heavy atom. The molecule has 114 valence electrons. The van der Waals surface area contributed by atoms with E-state index in [0.717, 1.165) is 22.6 Å². The molecule has 2 aromatic rings. The Morgan fingerprint density at radius 3 is 2.82 bits per heavy atom. The number of hydrogen-bond acceptors (Lipinski definition) is 4. The van der Waals surface area contributed by atoms with Gasteiger partial charge in [0.1, 0.15) is 11.1 Å². The van der Waals surface area contributed by atoms with Crippen LogP contribution in [0, 0.1) is 0 Å². The smallest absolute Gasteiger partial charge is 0.224 e. The Morgan fingerprint density at radius 2 is 2.14 bits per heavy atom. The van der Waals surface area contributed by atoms with Gasteiger partial charge in [-0.3, -0.25) is 9.78 Å². The quantitative estimate of drug-likeness (QED) is 0.869. The van der Waals surface area contributed by atoms with E-state index in [1.54, 1.807) is 25.1 Å². The van der Waals surface area contributed by atoms with Gasteiger partial charge in [-0.25, -0.2) is 0 Å². The fraction of sp³-hybridized carbons (Fsp3) is 0.294. The summed E-state index contributed by atoms with van der Waals surface area (Å²) in [7, 11) is 1.66. The molecule has 1 aliphatic rings. The van der Waals surface area contributed by atoms with Crippen LogP contribution in [-0.2, 0) is 11.3 Å². The molecule has 1 aromatic carbocycles. The number of rotatable bonds is 4. The molecule has 1 aromatic heterocycles. The van der Waals surface area contributed by atoms with Gasteiger partial charge in [-0.2, -0.15) is 0 Å². The zero-order valence-electron chi connectivity index (χ0n) is 12.4. The van der Waals surface area contributed by atoms with E-state index in [1.165, 1.54) is 0 Å². The second-order valence-corrected chi connectivity index (χ2v) is 6.32. The van der Waals surface area contributed by atoms with Crippen LogP contribution in [0.15, 0.2) is 48.8 Å². The van der Waals surface area contributed by atoms with Crippen molar-refractivity contribution in [1.82, 2.24) is 9.88 Å². The summed E-state index contributed by atoms with van der Waals surface area (Å²) in [6, 6.07) is 11.9. The highest BCUT2D eigenvalue weighted by molar-refractivity contribution is 7.99. The monoisotopic (exact) mass is 314 g/mol. The number of carbonyl (C=O) groups is 1. The van der Waals surface area contributed by atoms with E-state index in [4.69, 9.17) is 4.74 Å². The summed E-state index contributed by atoms with van der Waals surface area (Å²) < 4.78 is 5.20. The standard InChI is InChI=1S/C17H18N2O2S/c1-21-15-6-4-14(5-7-15)17-19(16(20)8-10-22-17)12-13-3-2-9-18-11-13/h2-7,9,11,17H,8,10,12H2,1H3. The van der Waals surface area contributed by atoms with Gasteiger partial charge in [0.05, 0.1) is 7.11 Å². The normalized spacial score (nSPS) is 18.3. The molecule has 0 N–H and O–H groups in total. The van der Waals surface area contributed by atoms with E-state index in [1.807, 2.05) is 47.5 Å². The highest BCUT2D eigenvalue weighted by atomic mass is 32.2. The minimum atomic E-state index is 0.0485. The molecule has 0 aliphatic carbocycles. The number of nitrogens with zero attached hydrogens (tertiary/aromatic N) is 2. The first-order chi connectivity index (χ1) is 10.8. The molecule has 1 saturated heterocycles.